The quantitative estimate of drug-likeness (QED) is 0.581. The Morgan fingerprint density at radius 1 is 1.24 bits per heavy atom. The molecule has 0 bridgehead atoms. The summed E-state index contributed by atoms with van der Waals surface area (Å²) in [6, 6.07) is 8.96. The van der Waals surface area contributed by atoms with Crippen LogP contribution in [0.15, 0.2) is 24.3 Å². The standard InChI is InChI=1S/C16H25Br/c1-4-6-10-16(5-2,13-17)12-15-9-7-8-14(3)11-15/h7-9,11H,4-6,10,12-13H2,1-3H3. The van der Waals surface area contributed by atoms with Gasteiger partial charge in [0.15, 0.2) is 0 Å². The van der Waals surface area contributed by atoms with Gasteiger partial charge < -0.3 is 0 Å². The predicted octanol–water partition coefficient (Wildman–Crippen LogP) is 5.52. The van der Waals surface area contributed by atoms with Crippen molar-refractivity contribution in [3.8, 4) is 0 Å². The second-order valence-corrected chi connectivity index (χ2v) is 5.82. The van der Waals surface area contributed by atoms with E-state index in [0.717, 1.165) is 5.33 Å². The van der Waals surface area contributed by atoms with Gasteiger partial charge >= 0.3 is 0 Å². The third-order valence-corrected chi connectivity index (χ3v) is 4.95. The molecule has 0 aliphatic carbocycles. The molecule has 1 unspecified atom stereocenters. The predicted molar refractivity (Wildman–Crippen MR) is 80.9 cm³/mol. The van der Waals surface area contributed by atoms with Gasteiger partial charge in [0.1, 0.15) is 0 Å². The monoisotopic (exact) mass is 296 g/mol. The first-order valence-corrected chi connectivity index (χ1v) is 7.89. The first-order chi connectivity index (χ1) is 8.15. The van der Waals surface area contributed by atoms with Crippen molar-refractivity contribution in [1.29, 1.82) is 0 Å². The largest absolute Gasteiger partial charge is 0.0922 e. The van der Waals surface area contributed by atoms with Crippen LogP contribution in [-0.2, 0) is 6.42 Å². The number of halogens is 1. The Kier molecular flexibility index (Phi) is 6.26. The minimum absolute atomic E-state index is 0.448. The van der Waals surface area contributed by atoms with E-state index in [0.29, 0.717) is 5.41 Å². The lowest BCUT2D eigenvalue weighted by atomic mass is 9.77. The molecule has 0 radical (unpaired) electrons. The SMILES string of the molecule is CCCCC(CC)(CBr)Cc1cccc(C)c1. The van der Waals surface area contributed by atoms with Crippen molar-refractivity contribution in [2.24, 2.45) is 5.41 Å². The molecule has 0 N–H and O–H groups in total. The molecule has 0 aliphatic rings. The zero-order valence-electron chi connectivity index (χ0n) is 11.4. The fourth-order valence-electron chi connectivity index (χ4n) is 2.41. The van der Waals surface area contributed by atoms with E-state index in [1.165, 1.54) is 43.2 Å². The van der Waals surface area contributed by atoms with E-state index in [1.54, 1.807) is 0 Å². The van der Waals surface area contributed by atoms with Gasteiger partial charge in [-0.3, -0.25) is 0 Å². The van der Waals surface area contributed by atoms with Gasteiger partial charge in [0.05, 0.1) is 0 Å². The Labute approximate surface area is 115 Å². The first kappa shape index (κ1) is 14.8. The smallest absolute Gasteiger partial charge is 0.00910 e. The van der Waals surface area contributed by atoms with E-state index >= 15 is 0 Å². The number of alkyl halides is 1. The van der Waals surface area contributed by atoms with E-state index in [9.17, 15) is 0 Å². The van der Waals surface area contributed by atoms with E-state index in [4.69, 9.17) is 0 Å². The van der Waals surface area contributed by atoms with E-state index in [2.05, 4.69) is 61.0 Å². The third-order valence-electron chi connectivity index (χ3n) is 3.76. The molecule has 17 heavy (non-hydrogen) atoms. The second-order valence-electron chi connectivity index (χ2n) is 5.26. The molecule has 0 fully saturated rings. The Morgan fingerprint density at radius 3 is 2.53 bits per heavy atom. The molecule has 0 nitrogen and oxygen atoms in total. The van der Waals surface area contributed by atoms with Crippen LogP contribution >= 0.6 is 15.9 Å². The van der Waals surface area contributed by atoms with Gasteiger partial charge in [-0.1, -0.05) is 72.4 Å². The van der Waals surface area contributed by atoms with Crippen LogP contribution in [0, 0.1) is 12.3 Å². The molecule has 0 amide bonds. The van der Waals surface area contributed by atoms with E-state index in [1.807, 2.05) is 0 Å². The molecule has 0 heterocycles. The summed E-state index contributed by atoms with van der Waals surface area (Å²) in [5.41, 5.74) is 3.31. The van der Waals surface area contributed by atoms with Gasteiger partial charge in [-0.15, -0.1) is 0 Å². The number of unbranched alkanes of at least 4 members (excludes halogenated alkanes) is 1. The fraction of sp³-hybridized carbons (Fsp3) is 0.625. The van der Waals surface area contributed by atoms with Crippen molar-refractivity contribution in [2.75, 3.05) is 5.33 Å². The van der Waals surface area contributed by atoms with Crippen molar-refractivity contribution in [3.63, 3.8) is 0 Å². The highest BCUT2D eigenvalue weighted by molar-refractivity contribution is 9.09. The van der Waals surface area contributed by atoms with Crippen LogP contribution in [-0.4, -0.2) is 5.33 Å². The molecular formula is C16H25Br. The molecule has 1 rings (SSSR count). The molecular weight excluding hydrogens is 272 g/mol. The van der Waals surface area contributed by atoms with Gasteiger partial charge in [0.2, 0.25) is 0 Å². The molecule has 1 aromatic carbocycles. The molecule has 0 aliphatic heterocycles. The van der Waals surface area contributed by atoms with Gasteiger partial charge in [-0.2, -0.15) is 0 Å². The minimum Gasteiger partial charge on any atom is -0.0922 e. The highest BCUT2D eigenvalue weighted by atomic mass is 79.9. The van der Waals surface area contributed by atoms with Gasteiger partial charge in [-0.05, 0) is 37.2 Å². The Hall–Kier alpha value is -0.300. The average molecular weight is 297 g/mol. The van der Waals surface area contributed by atoms with Crippen LogP contribution < -0.4 is 0 Å². The van der Waals surface area contributed by atoms with Crippen molar-refractivity contribution in [3.05, 3.63) is 35.4 Å². The summed E-state index contributed by atoms with van der Waals surface area (Å²) < 4.78 is 0. The number of aryl methyl sites for hydroxylation is 1. The van der Waals surface area contributed by atoms with Crippen molar-refractivity contribution >= 4 is 15.9 Å². The minimum atomic E-state index is 0.448. The Bertz CT molecular complexity index is 326. The van der Waals surface area contributed by atoms with Crippen LogP contribution in [0.5, 0.6) is 0 Å². The summed E-state index contributed by atoms with van der Waals surface area (Å²) in [6.07, 6.45) is 6.43. The average Bonchev–Trinajstić information content (AvgIpc) is 2.35. The molecule has 0 saturated carbocycles. The van der Waals surface area contributed by atoms with Gasteiger partial charge in [0, 0.05) is 5.33 Å². The molecule has 1 atom stereocenters. The van der Waals surface area contributed by atoms with Crippen LogP contribution in [0.1, 0.15) is 50.7 Å². The molecule has 0 saturated heterocycles. The number of rotatable bonds is 7. The van der Waals surface area contributed by atoms with Crippen LogP contribution in [0.2, 0.25) is 0 Å². The lowest BCUT2D eigenvalue weighted by Crippen LogP contribution is -2.25. The van der Waals surface area contributed by atoms with Gasteiger partial charge in [-0.25, -0.2) is 0 Å². The molecule has 0 aromatic heterocycles. The maximum Gasteiger partial charge on any atom is 0.00910 e. The lowest BCUT2D eigenvalue weighted by molar-refractivity contribution is 0.284. The van der Waals surface area contributed by atoms with Gasteiger partial charge in [0.25, 0.3) is 0 Å². The summed E-state index contributed by atoms with van der Waals surface area (Å²) >= 11 is 3.74. The van der Waals surface area contributed by atoms with Crippen LogP contribution in [0.25, 0.3) is 0 Å². The summed E-state index contributed by atoms with van der Waals surface area (Å²) in [7, 11) is 0. The topological polar surface area (TPSA) is 0 Å². The van der Waals surface area contributed by atoms with Crippen molar-refractivity contribution in [2.45, 2.75) is 52.9 Å². The van der Waals surface area contributed by atoms with E-state index < -0.39 is 0 Å². The third kappa shape index (κ3) is 4.46. The Balaban J connectivity index is 2.78. The zero-order chi connectivity index (χ0) is 12.7. The highest BCUT2D eigenvalue weighted by Crippen LogP contribution is 2.35. The summed E-state index contributed by atoms with van der Waals surface area (Å²) in [6.45, 7) is 6.78. The first-order valence-electron chi connectivity index (χ1n) is 6.77. The normalized spacial score (nSPS) is 14.6. The van der Waals surface area contributed by atoms with Crippen molar-refractivity contribution < 1.29 is 0 Å². The Morgan fingerprint density at radius 2 is 2.00 bits per heavy atom. The zero-order valence-corrected chi connectivity index (χ0v) is 13.0. The summed E-state index contributed by atoms with van der Waals surface area (Å²) in [4.78, 5) is 0. The lowest BCUT2D eigenvalue weighted by Gasteiger charge is -2.31. The maximum absolute atomic E-state index is 3.74. The second kappa shape index (κ2) is 7.20. The molecule has 96 valence electrons. The number of benzene rings is 1. The molecule has 1 heteroatoms. The summed E-state index contributed by atoms with van der Waals surface area (Å²) in [5, 5.41) is 1.12. The number of hydrogen-bond donors (Lipinski definition) is 0. The fourth-order valence-corrected chi connectivity index (χ4v) is 3.28. The van der Waals surface area contributed by atoms with Crippen molar-refractivity contribution in [1.82, 2.24) is 0 Å². The van der Waals surface area contributed by atoms with E-state index in [-0.39, 0.29) is 0 Å². The van der Waals surface area contributed by atoms with Crippen LogP contribution in [0.4, 0.5) is 0 Å². The maximum atomic E-state index is 3.74. The van der Waals surface area contributed by atoms with Crippen LogP contribution in [0.3, 0.4) is 0 Å². The summed E-state index contributed by atoms with van der Waals surface area (Å²) in [5.74, 6) is 0. The molecule has 1 aromatic rings. The number of hydrogen-bond acceptors (Lipinski definition) is 0. The molecule has 0 spiro atoms. The highest BCUT2D eigenvalue weighted by Gasteiger charge is 2.26.